The van der Waals surface area contributed by atoms with Gasteiger partial charge in [0.2, 0.25) is 0 Å². The van der Waals surface area contributed by atoms with Crippen LogP contribution in [-0.2, 0) is 9.84 Å². The van der Waals surface area contributed by atoms with Crippen molar-refractivity contribution in [3.8, 4) is 0 Å². The Morgan fingerprint density at radius 3 is 2.26 bits per heavy atom. The Labute approximate surface area is 139 Å². The Bertz CT molecular complexity index is 835. The first-order valence-electron chi connectivity index (χ1n) is 6.69. The largest absolute Gasteiger partial charge is 0.377 e. The SMILES string of the molecule is CC(Nc1ccc([N+](=O)[O-])cc1Cl)c1ccc(S(C)(=O)=O)cc1. The van der Waals surface area contributed by atoms with Crippen molar-refractivity contribution in [1.29, 1.82) is 0 Å². The van der Waals surface area contributed by atoms with Gasteiger partial charge in [-0.2, -0.15) is 0 Å². The number of non-ortho nitro benzene ring substituents is 1. The Kier molecular flexibility index (Phi) is 4.91. The molecule has 2 aromatic carbocycles. The molecule has 0 radical (unpaired) electrons. The van der Waals surface area contributed by atoms with Crippen molar-refractivity contribution in [2.24, 2.45) is 0 Å². The van der Waals surface area contributed by atoms with Crippen LogP contribution in [0.25, 0.3) is 0 Å². The molecule has 0 aromatic heterocycles. The average Bonchev–Trinajstić information content (AvgIpc) is 2.48. The van der Waals surface area contributed by atoms with Gasteiger partial charge in [-0.05, 0) is 30.7 Å². The fraction of sp³-hybridized carbons (Fsp3) is 0.200. The number of anilines is 1. The first-order valence-corrected chi connectivity index (χ1v) is 8.96. The third-order valence-corrected chi connectivity index (χ3v) is 4.78. The summed E-state index contributed by atoms with van der Waals surface area (Å²) in [5.41, 5.74) is 1.36. The molecule has 2 aromatic rings. The smallest absolute Gasteiger partial charge is 0.271 e. The lowest BCUT2D eigenvalue weighted by molar-refractivity contribution is -0.384. The van der Waals surface area contributed by atoms with Gasteiger partial charge < -0.3 is 5.32 Å². The van der Waals surface area contributed by atoms with Gasteiger partial charge in [0.15, 0.2) is 9.84 Å². The van der Waals surface area contributed by atoms with Gasteiger partial charge in [0.25, 0.3) is 5.69 Å². The first-order chi connectivity index (χ1) is 10.7. The summed E-state index contributed by atoms with van der Waals surface area (Å²) >= 11 is 6.04. The molecule has 0 fully saturated rings. The highest BCUT2D eigenvalue weighted by molar-refractivity contribution is 7.90. The summed E-state index contributed by atoms with van der Waals surface area (Å²) in [7, 11) is -3.23. The normalized spacial score (nSPS) is 12.7. The van der Waals surface area contributed by atoms with Crippen LogP contribution in [0.5, 0.6) is 0 Å². The molecule has 0 aliphatic rings. The predicted molar refractivity (Wildman–Crippen MR) is 89.7 cm³/mol. The van der Waals surface area contributed by atoms with Gasteiger partial charge >= 0.3 is 0 Å². The number of nitro groups is 1. The highest BCUT2D eigenvalue weighted by atomic mass is 35.5. The van der Waals surface area contributed by atoms with Crippen LogP contribution in [0, 0.1) is 10.1 Å². The molecule has 0 saturated heterocycles. The minimum absolute atomic E-state index is 0.0780. The van der Waals surface area contributed by atoms with E-state index in [0.717, 1.165) is 11.8 Å². The van der Waals surface area contributed by atoms with Crippen LogP contribution >= 0.6 is 11.6 Å². The van der Waals surface area contributed by atoms with Crippen LogP contribution < -0.4 is 5.32 Å². The van der Waals surface area contributed by atoms with Crippen molar-refractivity contribution in [1.82, 2.24) is 0 Å². The molecule has 0 saturated carbocycles. The molecule has 0 spiro atoms. The molecule has 0 heterocycles. The van der Waals surface area contributed by atoms with E-state index >= 15 is 0 Å². The van der Waals surface area contributed by atoms with E-state index in [4.69, 9.17) is 11.6 Å². The zero-order valence-electron chi connectivity index (χ0n) is 12.5. The number of nitrogens with one attached hydrogen (secondary N) is 1. The summed E-state index contributed by atoms with van der Waals surface area (Å²) < 4.78 is 22.9. The van der Waals surface area contributed by atoms with Gasteiger partial charge in [-0.1, -0.05) is 23.7 Å². The van der Waals surface area contributed by atoms with Gasteiger partial charge in [-0.3, -0.25) is 10.1 Å². The topological polar surface area (TPSA) is 89.3 Å². The quantitative estimate of drug-likeness (QED) is 0.651. The molecule has 0 amide bonds. The molecule has 8 heteroatoms. The highest BCUT2D eigenvalue weighted by Crippen LogP contribution is 2.29. The number of nitrogens with zero attached hydrogens (tertiary/aromatic N) is 1. The molecule has 1 N–H and O–H groups in total. The van der Waals surface area contributed by atoms with Gasteiger partial charge in [0, 0.05) is 24.4 Å². The Morgan fingerprint density at radius 2 is 1.78 bits per heavy atom. The molecule has 1 unspecified atom stereocenters. The zero-order chi connectivity index (χ0) is 17.2. The molecule has 0 bridgehead atoms. The van der Waals surface area contributed by atoms with Crippen molar-refractivity contribution in [2.45, 2.75) is 17.9 Å². The van der Waals surface area contributed by atoms with E-state index in [9.17, 15) is 18.5 Å². The summed E-state index contributed by atoms with van der Waals surface area (Å²) in [6, 6.07) is 10.6. The van der Waals surface area contributed by atoms with E-state index in [1.807, 2.05) is 6.92 Å². The molecule has 0 aliphatic heterocycles. The first kappa shape index (κ1) is 17.2. The van der Waals surface area contributed by atoms with Crippen LogP contribution in [0.1, 0.15) is 18.5 Å². The van der Waals surface area contributed by atoms with Crippen LogP contribution in [0.2, 0.25) is 5.02 Å². The predicted octanol–water partition coefficient (Wildman–Crippen LogP) is 3.82. The summed E-state index contributed by atoms with van der Waals surface area (Å²) in [6.45, 7) is 1.88. The monoisotopic (exact) mass is 354 g/mol. The summed E-state index contributed by atoms with van der Waals surface area (Å²) in [4.78, 5) is 10.4. The number of nitro benzene ring substituents is 1. The van der Waals surface area contributed by atoms with Gasteiger partial charge in [0.05, 0.1) is 20.5 Å². The van der Waals surface area contributed by atoms with Crippen molar-refractivity contribution >= 4 is 32.8 Å². The number of sulfone groups is 1. The Hall–Kier alpha value is -2.12. The van der Waals surface area contributed by atoms with E-state index in [1.54, 1.807) is 30.3 Å². The summed E-state index contributed by atoms with van der Waals surface area (Å²) in [6.07, 6.45) is 1.15. The van der Waals surface area contributed by atoms with Gasteiger partial charge in [0.1, 0.15) is 0 Å². The third-order valence-electron chi connectivity index (χ3n) is 3.34. The zero-order valence-corrected chi connectivity index (χ0v) is 14.1. The number of hydrogen-bond acceptors (Lipinski definition) is 5. The number of rotatable bonds is 5. The average molecular weight is 355 g/mol. The van der Waals surface area contributed by atoms with Crippen LogP contribution in [0.4, 0.5) is 11.4 Å². The maximum absolute atomic E-state index is 11.4. The van der Waals surface area contributed by atoms with Crippen molar-refractivity contribution < 1.29 is 13.3 Å². The molecule has 23 heavy (non-hydrogen) atoms. The Balaban J connectivity index is 2.19. The van der Waals surface area contributed by atoms with Gasteiger partial charge in [-0.25, -0.2) is 8.42 Å². The molecule has 1 atom stereocenters. The molecular formula is C15H15ClN2O4S. The fourth-order valence-electron chi connectivity index (χ4n) is 2.05. The highest BCUT2D eigenvalue weighted by Gasteiger charge is 2.13. The van der Waals surface area contributed by atoms with E-state index in [2.05, 4.69) is 5.32 Å². The van der Waals surface area contributed by atoms with E-state index in [1.165, 1.54) is 12.1 Å². The standard InChI is InChI=1S/C15H15ClN2O4S/c1-10(11-3-6-13(7-4-11)23(2,21)22)17-15-8-5-12(18(19)20)9-14(15)16/h3-10,17H,1-2H3. The molecule has 122 valence electrons. The fourth-order valence-corrected chi connectivity index (χ4v) is 2.91. The van der Waals surface area contributed by atoms with Gasteiger partial charge in [-0.15, -0.1) is 0 Å². The maximum Gasteiger partial charge on any atom is 0.271 e. The Morgan fingerprint density at radius 1 is 1.17 bits per heavy atom. The second kappa shape index (κ2) is 6.55. The lowest BCUT2D eigenvalue weighted by Gasteiger charge is -2.17. The maximum atomic E-state index is 11.4. The lowest BCUT2D eigenvalue weighted by atomic mass is 10.1. The second-order valence-corrected chi connectivity index (χ2v) is 7.55. The van der Waals surface area contributed by atoms with E-state index in [-0.39, 0.29) is 21.6 Å². The molecular weight excluding hydrogens is 340 g/mol. The number of benzene rings is 2. The number of hydrogen-bond donors (Lipinski definition) is 1. The van der Waals surface area contributed by atoms with Crippen molar-refractivity contribution in [3.63, 3.8) is 0 Å². The lowest BCUT2D eigenvalue weighted by Crippen LogP contribution is -2.07. The minimum Gasteiger partial charge on any atom is -0.377 e. The summed E-state index contributed by atoms with van der Waals surface area (Å²) in [5, 5.41) is 14.1. The van der Waals surface area contributed by atoms with Crippen molar-refractivity contribution in [3.05, 3.63) is 63.2 Å². The van der Waals surface area contributed by atoms with Crippen LogP contribution in [0.15, 0.2) is 47.4 Å². The molecule has 2 rings (SSSR count). The van der Waals surface area contributed by atoms with E-state index < -0.39 is 14.8 Å². The minimum atomic E-state index is -3.23. The molecule has 6 nitrogen and oxygen atoms in total. The van der Waals surface area contributed by atoms with Crippen molar-refractivity contribution in [2.75, 3.05) is 11.6 Å². The van der Waals surface area contributed by atoms with Crippen LogP contribution in [-0.4, -0.2) is 19.6 Å². The van der Waals surface area contributed by atoms with Crippen LogP contribution in [0.3, 0.4) is 0 Å². The molecule has 0 aliphatic carbocycles. The third kappa shape index (κ3) is 4.20. The van der Waals surface area contributed by atoms with E-state index in [0.29, 0.717) is 5.69 Å². The summed E-state index contributed by atoms with van der Waals surface area (Å²) in [5.74, 6) is 0. The number of halogens is 1. The second-order valence-electron chi connectivity index (χ2n) is 5.13.